The largest absolute Gasteiger partial charge is 0.496 e. The third-order valence-corrected chi connectivity index (χ3v) is 7.21. The van der Waals surface area contributed by atoms with Crippen molar-refractivity contribution in [3.63, 3.8) is 0 Å². The fraction of sp³-hybridized carbons (Fsp3) is 0.560. The van der Waals surface area contributed by atoms with Crippen LogP contribution in [0.15, 0.2) is 12.1 Å². The molecule has 0 aliphatic carbocycles. The van der Waals surface area contributed by atoms with Crippen LogP contribution >= 0.6 is 0 Å². The van der Waals surface area contributed by atoms with E-state index in [0.29, 0.717) is 56.9 Å². The lowest BCUT2D eigenvalue weighted by Gasteiger charge is -2.36. The Morgan fingerprint density at radius 3 is 2.76 bits per heavy atom. The second-order valence-electron chi connectivity index (χ2n) is 9.14. The molecule has 0 saturated carbocycles. The summed E-state index contributed by atoms with van der Waals surface area (Å²) in [5.41, 5.74) is 4.51. The second kappa shape index (κ2) is 9.55. The number of methoxy groups -OCH3 is 1. The van der Waals surface area contributed by atoms with E-state index in [1.165, 1.54) is 0 Å². The van der Waals surface area contributed by atoms with Gasteiger partial charge < -0.3 is 19.9 Å². The Morgan fingerprint density at radius 1 is 1.33 bits per heavy atom. The van der Waals surface area contributed by atoms with Crippen molar-refractivity contribution < 1.29 is 24.2 Å². The van der Waals surface area contributed by atoms with E-state index >= 15 is 0 Å². The van der Waals surface area contributed by atoms with E-state index in [0.717, 1.165) is 47.3 Å². The molecule has 0 bridgehead atoms. The number of nitrogens with zero attached hydrogens (tertiary/aromatic N) is 2. The Balaban J connectivity index is 1.61. The molecule has 0 atom stereocenters. The van der Waals surface area contributed by atoms with Crippen LogP contribution in [0.2, 0.25) is 0 Å². The van der Waals surface area contributed by atoms with Crippen molar-refractivity contribution >= 4 is 11.9 Å². The molecular weight excluding hydrogens is 422 g/mol. The van der Waals surface area contributed by atoms with Crippen molar-refractivity contribution in [2.75, 3.05) is 26.9 Å². The van der Waals surface area contributed by atoms with Crippen LogP contribution in [0.1, 0.15) is 69.4 Å². The summed E-state index contributed by atoms with van der Waals surface area (Å²) in [5.74, 6) is -0.280. The third-order valence-electron chi connectivity index (χ3n) is 7.21. The number of hydrogen-bond acceptors (Lipinski definition) is 5. The average molecular weight is 456 g/mol. The molecule has 1 spiro atoms. The summed E-state index contributed by atoms with van der Waals surface area (Å²) >= 11 is 0. The van der Waals surface area contributed by atoms with Gasteiger partial charge in [-0.05, 0) is 74.1 Å². The number of aromatic carboxylic acids is 1. The van der Waals surface area contributed by atoms with Crippen LogP contribution in [-0.4, -0.2) is 53.6 Å². The molecule has 4 rings (SSSR count). The molecule has 178 valence electrons. The van der Waals surface area contributed by atoms with E-state index in [9.17, 15) is 14.7 Å². The molecule has 1 aromatic heterocycles. The summed E-state index contributed by atoms with van der Waals surface area (Å²) in [6.45, 7) is 6.64. The van der Waals surface area contributed by atoms with Gasteiger partial charge in [-0.1, -0.05) is 6.92 Å². The van der Waals surface area contributed by atoms with Crippen LogP contribution in [0.3, 0.4) is 0 Å². The minimum absolute atomic E-state index is 0.00180. The van der Waals surface area contributed by atoms with Crippen LogP contribution in [0.25, 0.3) is 0 Å². The van der Waals surface area contributed by atoms with Gasteiger partial charge in [-0.25, -0.2) is 4.79 Å². The first kappa shape index (κ1) is 23.3. The Kier molecular flexibility index (Phi) is 6.74. The lowest BCUT2D eigenvalue weighted by atomic mass is 9.76. The third kappa shape index (κ3) is 4.49. The Labute approximate surface area is 194 Å². The molecule has 3 heterocycles. The van der Waals surface area contributed by atoms with Crippen molar-refractivity contribution in [1.29, 1.82) is 0 Å². The SMILES string of the molecule is CCc1nn(CCCc2c(C(=O)O)ccc(OC)c2C)c2c1C(=O)NCC1(CCOCC1)C2. The fourth-order valence-corrected chi connectivity index (χ4v) is 5.24. The number of carboxylic acid groups (broad SMARTS) is 1. The molecule has 8 nitrogen and oxygen atoms in total. The number of rotatable bonds is 7. The van der Waals surface area contributed by atoms with Gasteiger partial charge >= 0.3 is 5.97 Å². The van der Waals surface area contributed by atoms with E-state index in [2.05, 4.69) is 5.32 Å². The first-order chi connectivity index (χ1) is 15.9. The molecule has 8 heteroatoms. The molecule has 2 aromatic rings. The van der Waals surface area contributed by atoms with E-state index in [1.807, 2.05) is 18.5 Å². The van der Waals surface area contributed by atoms with Crippen LogP contribution in [0.5, 0.6) is 5.75 Å². The summed E-state index contributed by atoms with van der Waals surface area (Å²) < 4.78 is 13.0. The number of benzene rings is 1. The number of hydrogen-bond donors (Lipinski definition) is 2. The van der Waals surface area contributed by atoms with Gasteiger partial charge in [0.15, 0.2) is 0 Å². The van der Waals surface area contributed by atoms with Crippen molar-refractivity contribution in [2.45, 2.75) is 58.9 Å². The van der Waals surface area contributed by atoms with E-state index in [4.69, 9.17) is 14.6 Å². The monoisotopic (exact) mass is 455 g/mol. The number of aryl methyl sites for hydroxylation is 2. The van der Waals surface area contributed by atoms with Gasteiger partial charge in [0.25, 0.3) is 5.91 Å². The zero-order valence-corrected chi connectivity index (χ0v) is 19.7. The number of aromatic nitrogens is 2. The summed E-state index contributed by atoms with van der Waals surface area (Å²) in [6.07, 6.45) is 4.64. The molecule has 2 N–H and O–H groups in total. The van der Waals surface area contributed by atoms with Gasteiger partial charge in [0.1, 0.15) is 5.75 Å². The quantitative estimate of drug-likeness (QED) is 0.665. The zero-order chi connectivity index (χ0) is 23.6. The van der Waals surface area contributed by atoms with Crippen LogP contribution in [0.4, 0.5) is 0 Å². The highest BCUT2D eigenvalue weighted by Gasteiger charge is 2.39. The molecule has 0 radical (unpaired) electrons. The normalized spacial score (nSPS) is 17.4. The molecule has 1 aromatic carbocycles. The van der Waals surface area contributed by atoms with E-state index in [1.54, 1.807) is 19.2 Å². The number of amides is 1. The zero-order valence-electron chi connectivity index (χ0n) is 19.7. The van der Waals surface area contributed by atoms with E-state index in [-0.39, 0.29) is 11.3 Å². The van der Waals surface area contributed by atoms with Crippen LogP contribution in [0, 0.1) is 12.3 Å². The molecule has 2 aliphatic heterocycles. The van der Waals surface area contributed by atoms with Crippen molar-refractivity contribution in [3.05, 3.63) is 45.8 Å². The number of carboxylic acids is 1. The Hall–Kier alpha value is -2.87. The summed E-state index contributed by atoms with van der Waals surface area (Å²) in [6, 6.07) is 3.31. The number of carbonyl (C=O) groups is 2. The van der Waals surface area contributed by atoms with Gasteiger partial charge in [-0.15, -0.1) is 0 Å². The van der Waals surface area contributed by atoms with Crippen molar-refractivity contribution in [2.24, 2.45) is 5.41 Å². The van der Waals surface area contributed by atoms with Gasteiger partial charge in [0.2, 0.25) is 0 Å². The summed E-state index contributed by atoms with van der Waals surface area (Å²) in [4.78, 5) is 24.8. The van der Waals surface area contributed by atoms with Crippen LogP contribution < -0.4 is 10.1 Å². The van der Waals surface area contributed by atoms with Crippen molar-refractivity contribution in [3.8, 4) is 5.75 Å². The standard InChI is InChI=1S/C25H33N3O5/c1-4-19-22-20(14-25(15-26-23(22)29)9-12-33-13-10-25)28(27-19)11-5-6-17-16(2)21(32-3)8-7-18(17)24(30)31/h7-8H,4-6,9-15H2,1-3H3,(H,26,29)(H,30,31). The lowest BCUT2D eigenvalue weighted by Crippen LogP contribution is -2.40. The maximum atomic E-state index is 13.0. The molecule has 1 amide bonds. The van der Waals surface area contributed by atoms with Gasteiger partial charge in [-0.2, -0.15) is 5.10 Å². The molecule has 0 unspecified atom stereocenters. The highest BCUT2D eigenvalue weighted by molar-refractivity contribution is 5.97. The summed E-state index contributed by atoms with van der Waals surface area (Å²) in [5, 5.41) is 17.6. The first-order valence-corrected chi connectivity index (χ1v) is 11.7. The van der Waals surface area contributed by atoms with Crippen molar-refractivity contribution in [1.82, 2.24) is 15.1 Å². The predicted molar refractivity (Wildman–Crippen MR) is 123 cm³/mol. The molecule has 1 fully saturated rings. The Morgan fingerprint density at radius 2 is 2.09 bits per heavy atom. The van der Waals surface area contributed by atoms with Crippen LogP contribution in [-0.2, 0) is 30.5 Å². The average Bonchev–Trinajstić information content (AvgIpc) is 3.08. The predicted octanol–water partition coefficient (Wildman–Crippen LogP) is 3.18. The number of ether oxygens (including phenoxy) is 2. The molecule has 1 saturated heterocycles. The first-order valence-electron chi connectivity index (χ1n) is 11.7. The fourth-order valence-electron chi connectivity index (χ4n) is 5.24. The highest BCUT2D eigenvalue weighted by Crippen LogP contribution is 2.37. The minimum atomic E-state index is -0.935. The van der Waals surface area contributed by atoms with Gasteiger partial charge in [0, 0.05) is 26.3 Å². The molecular formula is C25H33N3O5. The number of nitrogens with one attached hydrogen (secondary N) is 1. The second-order valence-corrected chi connectivity index (χ2v) is 9.14. The molecule has 33 heavy (non-hydrogen) atoms. The maximum Gasteiger partial charge on any atom is 0.335 e. The Bertz CT molecular complexity index is 1050. The topological polar surface area (TPSA) is 103 Å². The number of fused-ring (bicyclic) bond motifs is 1. The smallest absolute Gasteiger partial charge is 0.335 e. The highest BCUT2D eigenvalue weighted by atomic mass is 16.5. The molecule has 2 aliphatic rings. The van der Waals surface area contributed by atoms with Gasteiger partial charge in [0.05, 0.1) is 29.6 Å². The minimum Gasteiger partial charge on any atom is -0.496 e. The number of carbonyl (C=O) groups excluding carboxylic acids is 1. The lowest BCUT2D eigenvalue weighted by molar-refractivity contribution is 0.0152. The maximum absolute atomic E-state index is 13.0. The summed E-state index contributed by atoms with van der Waals surface area (Å²) in [7, 11) is 1.59. The van der Waals surface area contributed by atoms with Gasteiger partial charge in [-0.3, -0.25) is 9.48 Å². The van der Waals surface area contributed by atoms with E-state index < -0.39 is 5.97 Å².